The minimum absolute atomic E-state index is 0.224. The van der Waals surface area contributed by atoms with Crippen LogP contribution in [0, 0.1) is 18.3 Å². The summed E-state index contributed by atoms with van der Waals surface area (Å²) in [5, 5.41) is 9.14. The number of aryl methyl sites for hydroxylation is 1. The van der Waals surface area contributed by atoms with E-state index in [1.807, 2.05) is 0 Å². The molecule has 0 amide bonds. The summed E-state index contributed by atoms with van der Waals surface area (Å²) in [7, 11) is 1.42. The van der Waals surface area contributed by atoms with Crippen molar-refractivity contribution < 1.29 is 17.9 Å². The summed E-state index contributed by atoms with van der Waals surface area (Å²) < 4.78 is 43.3. The molecule has 0 radical (unpaired) electrons. The van der Waals surface area contributed by atoms with Crippen LogP contribution in [-0.2, 0) is 6.18 Å². The first-order valence-electron chi connectivity index (χ1n) is 5.06. The second kappa shape index (κ2) is 3.95. The molecular formula is C12H9F3N2O. The number of aromatic amines is 1. The van der Waals surface area contributed by atoms with Gasteiger partial charge in [0.25, 0.3) is 0 Å². The minimum Gasteiger partial charge on any atom is -0.497 e. The summed E-state index contributed by atoms with van der Waals surface area (Å²) in [6.07, 6.45) is -4.58. The predicted octanol–water partition coefficient (Wildman–Crippen LogP) is 3.38. The molecule has 2 aromatic rings. The Balaban J connectivity index is 2.87. The molecule has 0 bridgehead atoms. The standard InChI is InChI=1S/C12H9F3N2O/c1-6-3-7(18-2)4-8-9(5-16)11(12(13,14)15)17-10(6)8/h3-4,17H,1-2H3. The summed E-state index contributed by atoms with van der Waals surface area (Å²) in [4.78, 5) is 2.27. The van der Waals surface area contributed by atoms with Gasteiger partial charge in [0.2, 0.25) is 0 Å². The van der Waals surface area contributed by atoms with E-state index in [2.05, 4.69) is 4.98 Å². The monoisotopic (exact) mass is 254 g/mol. The maximum absolute atomic E-state index is 12.8. The van der Waals surface area contributed by atoms with Crippen molar-refractivity contribution in [1.29, 1.82) is 5.26 Å². The van der Waals surface area contributed by atoms with E-state index in [1.165, 1.54) is 13.2 Å². The van der Waals surface area contributed by atoms with Crippen LogP contribution in [0.1, 0.15) is 16.8 Å². The Morgan fingerprint density at radius 1 is 1.33 bits per heavy atom. The fraction of sp³-hybridized carbons (Fsp3) is 0.250. The molecule has 1 N–H and O–H groups in total. The second-order valence-corrected chi connectivity index (χ2v) is 3.85. The van der Waals surface area contributed by atoms with Crippen molar-refractivity contribution in [2.24, 2.45) is 0 Å². The molecule has 2 rings (SSSR count). The van der Waals surface area contributed by atoms with E-state index < -0.39 is 17.4 Å². The summed E-state index contributed by atoms with van der Waals surface area (Å²) in [5.74, 6) is 0.421. The molecule has 0 aliphatic heterocycles. The molecule has 0 fully saturated rings. The minimum atomic E-state index is -4.58. The van der Waals surface area contributed by atoms with Crippen molar-refractivity contribution in [1.82, 2.24) is 4.98 Å². The van der Waals surface area contributed by atoms with E-state index in [0.717, 1.165) is 0 Å². The molecule has 0 aliphatic rings. The van der Waals surface area contributed by atoms with Crippen molar-refractivity contribution in [3.63, 3.8) is 0 Å². The van der Waals surface area contributed by atoms with Crippen molar-refractivity contribution >= 4 is 10.9 Å². The van der Waals surface area contributed by atoms with Crippen LogP contribution in [0.3, 0.4) is 0 Å². The number of hydrogen-bond acceptors (Lipinski definition) is 2. The lowest BCUT2D eigenvalue weighted by Gasteiger charge is -2.02. The zero-order chi connectivity index (χ0) is 13.5. The Morgan fingerprint density at radius 2 is 2.00 bits per heavy atom. The molecule has 6 heteroatoms. The van der Waals surface area contributed by atoms with E-state index in [1.54, 1.807) is 19.1 Å². The van der Waals surface area contributed by atoms with Gasteiger partial charge in [0.15, 0.2) is 0 Å². The first kappa shape index (κ1) is 12.3. The quantitative estimate of drug-likeness (QED) is 0.848. The molecule has 0 spiro atoms. The van der Waals surface area contributed by atoms with Gasteiger partial charge in [0.1, 0.15) is 17.5 Å². The van der Waals surface area contributed by atoms with E-state index >= 15 is 0 Å². The molecule has 1 aromatic carbocycles. The first-order chi connectivity index (χ1) is 8.38. The Kier molecular flexibility index (Phi) is 2.70. The van der Waals surface area contributed by atoms with Gasteiger partial charge in [-0.15, -0.1) is 0 Å². The smallest absolute Gasteiger partial charge is 0.432 e. The van der Waals surface area contributed by atoms with Crippen LogP contribution in [0.4, 0.5) is 13.2 Å². The molecule has 0 aliphatic carbocycles. The van der Waals surface area contributed by atoms with Gasteiger partial charge in [-0.3, -0.25) is 0 Å². The zero-order valence-corrected chi connectivity index (χ0v) is 9.64. The maximum atomic E-state index is 12.8. The third kappa shape index (κ3) is 1.78. The number of H-pyrrole nitrogens is 1. The highest BCUT2D eigenvalue weighted by Crippen LogP contribution is 2.37. The van der Waals surface area contributed by atoms with Crippen LogP contribution in [0.5, 0.6) is 5.75 Å². The third-order valence-electron chi connectivity index (χ3n) is 2.71. The number of nitrogens with one attached hydrogen (secondary N) is 1. The molecule has 3 nitrogen and oxygen atoms in total. The number of rotatable bonds is 1. The average Bonchev–Trinajstić information content (AvgIpc) is 2.67. The number of hydrogen-bond donors (Lipinski definition) is 1. The van der Waals surface area contributed by atoms with E-state index in [-0.39, 0.29) is 5.39 Å². The SMILES string of the molecule is COc1cc(C)c2[nH]c(C(F)(F)F)c(C#N)c2c1. The van der Waals surface area contributed by atoms with E-state index in [0.29, 0.717) is 16.8 Å². The van der Waals surface area contributed by atoms with Crippen LogP contribution in [0.25, 0.3) is 10.9 Å². The van der Waals surface area contributed by atoms with Gasteiger partial charge in [-0.1, -0.05) is 0 Å². The molecule has 1 aromatic heterocycles. The van der Waals surface area contributed by atoms with E-state index in [9.17, 15) is 13.2 Å². The number of ether oxygens (including phenoxy) is 1. The molecule has 94 valence electrons. The van der Waals surface area contributed by atoms with Crippen LogP contribution in [-0.4, -0.2) is 12.1 Å². The van der Waals surface area contributed by atoms with Crippen molar-refractivity contribution in [3.05, 3.63) is 29.0 Å². The van der Waals surface area contributed by atoms with Crippen LogP contribution in [0.2, 0.25) is 0 Å². The topological polar surface area (TPSA) is 48.8 Å². The van der Waals surface area contributed by atoms with Gasteiger partial charge in [0, 0.05) is 5.39 Å². The summed E-state index contributed by atoms with van der Waals surface area (Å²) >= 11 is 0. The third-order valence-corrected chi connectivity index (χ3v) is 2.71. The number of fused-ring (bicyclic) bond motifs is 1. The van der Waals surface area contributed by atoms with Gasteiger partial charge in [-0.2, -0.15) is 18.4 Å². The molecule has 1 heterocycles. The second-order valence-electron chi connectivity index (χ2n) is 3.85. The summed E-state index contributed by atoms with van der Waals surface area (Å²) in [6.45, 7) is 1.66. The Morgan fingerprint density at radius 3 is 2.50 bits per heavy atom. The number of nitriles is 1. The fourth-order valence-electron chi connectivity index (χ4n) is 1.89. The lowest BCUT2D eigenvalue weighted by molar-refractivity contribution is -0.140. The predicted molar refractivity (Wildman–Crippen MR) is 59.3 cm³/mol. The fourth-order valence-corrected chi connectivity index (χ4v) is 1.89. The first-order valence-corrected chi connectivity index (χ1v) is 5.06. The number of benzene rings is 1. The van der Waals surface area contributed by atoms with Gasteiger partial charge in [-0.05, 0) is 24.6 Å². The summed E-state index contributed by atoms with van der Waals surface area (Å²) in [5.41, 5.74) is -0.521. The molecular weight excluding hydrogens is 245 g/mol. The highest BCUT2D eigenvalue weighted by atomic mass is 19.4. The molecule has 0 atom stereocenters. The number of nitrogens with zero attached hydrogens (tertiary/aromatic N) is 1. The van der Waals surface area contributed by atoms with Crippen LogP contribution < -0.4 is 4.74 Å². The Bertz CT molecular complexity index is 650. The van der Waals surface area contributed by atoms with Crippen molar-refractivity contribution in [2.45, 2.75) is 13.1 Å². The number of halogens is 3. The zero-order valence-electron chi connectivity index (χ0n) is 9.64. The van der Waals surface area contributed by atoms with Gasteiger partial charge >= 0.3 is 6.18 Å². The average molecular weight is 254 g/mol. The molecule has 0 saturated carbocycles. The summed E-state index contributed by atoms with van der Waals surface area (Å²) in [6, 6.07) is 4.63. The molecule has 18 heavy (non-hydrogen) atoms. The maximum Gasteiger partial charge on any atom is 0.432 e. The van der Waals surface area contributed by atoms with Crippen LogP contribution >= 0.6 is 0 Å². The largest absolute Gasteiger partial charge is 0.497 e. The Labute approximate surface area is 101 Å². The number of alkyl halides is 3. The normalized spacial score (nSPS) is 11.6. The van der Waals surface area contributed by atoms with Gasteiger partial charge in [0.05, 0.1) is 18.2 Å². The van der Waals surface area contributed by atoms with Crippen molar-refractivity contribution in [3.8, 4) is 11.8 Å². The molecule has 0 unspecified atom stereocenters. The highest BCUT2D eigenvalue weighted by Gasteiger charge is 2.37. The highest BCUT2D eigenvalue weighted by molar-refractivity contribution is 5.91. The number of aromatic nitrogens is 1. The van der Waals surface area contributed by atoms with Gasteiger partial charge in [-0.25, -0.2) is 0 Å². The van der Waals surface area contributed by atoms with Crippen molar-refractivity contribution in [2.75, 3.05) is 7.11 Å². The lowest BCUT2D eigenvalue weighted by Crippen LogP contribution is -2.07. The van der Waals surface area contributed by atoms with E-state index in [4.69, 9.17) is 10.00 Å². The lowest BCUT2D eigenvalue weighted by atomic mass is 10.1. The van der Waals surface area contributed by atoms with Gasteiger partial charge < -0.3 is 9.72 Å². The molecule has 0 saturated heterocycles. The Hall–Kier alpha value is -2.16. The van der Waals surface area contributed by atoms with Crippen LogP contribution in [0.15, 0.2) is 12.1 Å². The number of methoxy groups -OCH3 is 1.